The normalized spacial score (nSPS) is 15.2. The molecule has 0 spiro atoms. The van der Waals surface area contributed by atoms with Gasteiger partial charge in [0.05, 0.1) is 0 Å². The van der Waals surface area contributed by atoms with E-state index in [1.54, 1.807) is 12.1 Å². The lowest BCUT2D eigenvalue weighted by Crippen LogP contribution is -2.39. The van der Waals surface area contributed by atoms with Gasteiger partial charge in [0.2, 0.25) is 5.91 Å². The lowest BCUT2D eigenvalue weighted by molar-refractivity contribution is -0.126. The molecule has 2 aromatic carbocycles. The number of benzene rings is 2. The van der Waals surface area contributed by atoms with E-state index >= 15 is 0 Å². The summed E-state index contributed by atoms with van der Waals surface area (Å²) in [5, 5.41) is 3.08. The van der Waals surface area contributed by atoms with Gasteiger partial charge in [-0.15, -0.1) is 0 Å². The van der Waals surface area contributed by atoms with E-state index in [1.807, 2.05) is 11.9 Å². The van der Waals surface area contributed by atoms with Crippen LogP contribution in [0.1, 0.15) is 42.5 Å². The number of carbonyl (C=O) groups is 1. The molecule has 25 heavy (non-hydrogen) atoms. The van der Waals surface area contributed by atoms with E-state index < -0.39 is 6.04 Å². The molecule has 0 aromatic heterocycles. The molecule has 1 fully saturated rings. The molecule has 4 heteroatoms. The lowest BCUT2D eigenvalue weighted by atomic mass is 10.0. The van der Waals surface area contributed by atoms with Gasteiger partial charge in [-0.25, -0.2) is 4.39 Å². The first-order valence-electron chi connectivity index (χ1n) is 8.90. The number of nitrogens with zero attached hydrogens (tertiary/aromatic N) is 1. The van der Waals surface area contributed by atoms with Crippen molar-refractivity contribution in [2.24, 2.45) is 0 Å². The first-order chi connectivity index (χ1) is 12.1. The van der Waals surface area contributed by atoms with E-state index in [0.717, 1.165) is 30.4 Å². The zero-order chi connectivity index (χ0) is 17.8. The zero-order valence-electron chi connectivity index (χ0n) is 14.8. The van der Waals surface area contributed by atoms with Gasteiger partial charge in [-0.2, -0.15) is 0 Å². The Labute approximate surface area is 148 Å². The third kappa shape index (κ3) is 4.67. The maximum Gasteiger partial charge on any atom is 0.242 e. The molecule has 0 aliphatic heterocycles. The van der Waals surface area contributed by atoms with Crippen LogP contribution in [0.5, 0.6) is 0 Å². The summed E-state index contributed by atoms with van der Waals surface area (Å²) in [6.45, 7) is 2.79. The second kappa shape index (κ2) is 7.79. The fourth-order valence-electron chi connectivity index (χ4n) is 3.02. The van der Waals surface area contributed by atoms with Gasteiger partial charge in [0, 0.05) is 12.6 Å². The van der Waals surface area contributed by atoms with Crippen LogP contribution in [0.2, 0.25) is 0 Å². The maximum absolute atomic E-state index is 13.3. The van der Waals surface area contributed by atoms with Crippen LogP contribution in [-0.4, -0.2) is 23.9 Å². The zero-order valence-corrected chi connectivity index (χ0v) is 14.8. The molecule has 1 atom stereocenters. The van der Waals surface area contributed by atoms with Gasteiger partial charge in [-0.05, 0) is 55.1 Å². The van der Waals surface area contributed by atoms with Gasteiger partial charge >= 0.3 is 0 Å². The van der Waals surface area contributed by atoms with Crippen molar-refractivity contribution >= 4 is 5.91 Å². The molecule has 132 valence electrons. The highest BCUT2D eigenvalue weighted by Crippen LogP contribution is 2.25. The molecule has 3 nitrogen and oxygen atoms in total. The molecule has 0 radical (unpaired) electrons. The van der Waals surface area contributed by atoms with Crippen molar-refractivity contribution in [3.8, 4) is 0 Å². The first kappa shape index (κ1) is 17.6. The summed E-state index contributed by atoms with van der Waals surface area (Å²) in [5.41, 5.74) is 3.27. The number of rotatable bonds is 7. The molecule has 0 saturated heterocycles. The largest absolute Gasteiger partial charge is 0.352 e. The van der Waals surface area contributed by atoms with Crippen LogP contribution in [0.3, 0.4) is 0 Å². The Morgan fingerprint density at radius 3 is 2.28 bits per heavy atom. The molecule has 0 unspecified atom stereocenters. The Hall–Kier alpha value is -2.20. The Kier molecular flexibility index (Phi) is 5.49. The molecule has 0 heterocycles. The molecular formula is C21H25FN2O. The quantitative estimate of drug-likeness (QED) is 0.830. The highest BCUT2D eigenvalue weighted by molar-refractivity contribution is 5.83. The fourth-order valence-corrected chi connectivity index (χ4v) is 3.02. The second-order valence-electron chi connectivity index (χ2n) is 6.82. The number of nitrogens with one attached hydrogen (secondary N) is 1. The van der Waals surface area contributed by atoms with E-state index in [-0.39, 0.29) is 11.7 Å². The Morgan fingerprint density at radius 2 is 1.72 bits per heavy atom. The number of likely N-dealkylation sites (N-methyl/N-ethyl adjacent to an activating group) is 1. The molecule has 1 saturated carbocycles. The van der Waals surface area contributed by atoms with E-state index in [0.29, 0.717) is 12.6 Å². The second-order valence-corrected chi connectivity index (χ2v) is 6.82. The molecule has 2 aromatic rings. The van der Waals surface area contributed by atoms with Crippen molar-refractivity contribution in [3.63, 3.8) is 0 Å². The summed E-state index contributed by atoms with van der Waals surface area (Å²) >= 11 is 0. The van der Waals surface area contributed by atoms with Crippen molar-refractivity contribution in [1.29, 1.82) is 0 Å². The van der Waals surface area contributed by atoms with Gasteiger partial charge < -0.3 is 5.32 Å². The van der Waals surface area contributed by atoms with Crippen molar-refractivity contribution in [2.45, 2.75) is 44.8 Å². The minimum absolute atomic E-state index is 0.0122. The molecular weight excluding hydrogens is 315 g/mol. The molecule has 1 N–H and O–H groups in total. The van der Waals surface area contributed by atoms with Crippen LogP contribution >= 0.6 is 0 Å². The van der Waals surface area contributed by atoms with Crippen molar-refractivity contribution in [3.05, 3.63) is 71.0 Å². The van der Waals surface area contributed by atoms with Gasteiger partial charge in [-0.3, -0.25) is 9.69 Å². The molecule has 0 bridgehead atoms. The number of aryl methyl sites for hydroxylation is 1. The van der Waals surface area contributed by atoms with Crippen molar-refractivity contribution in [1.82, 2.24) is 10.2 Å². The van der Waals surface area contributed by atoms with Crippen LogP contribution in [0.25, 0.3) is 0 Å². The monoisotopic (exact) mass is 340 g/mol. The van der Waals surface area contributed by atoms with Gasteiger partial charge in [0.25, 0.3) is 0 Å². The smallest absolute Gasteiger partial charge is 0.242 e. The third-order valence-corrected chi connectivity index (χ3v) is 4.66. The Morgan fingerprint density at radius 1 is 1.12 bits per heavy atom. The van der Waals surface area contributed by atoms with Gasteiger partial charge in [0.1, 0.15) is 11.9 Å². The number of amides is 1. The van der Waals surface area contributed by atoms with Crippen LogP contribution in [0, 0.1) is 5.82 Å². The summed E-state index contributed by atoms with van der Waals surface area (Å²) in [6, 6.07) is 14.6. The van der Waals surface area contributed by atoms with Crippen LogP contribution in [-0.2, 0) is 17.8 Å². The minimum atomic E-state index is -0.424. The summed E-state index contributed by atoms with van der Waals surface area (Å²) in [4.78, 5) is 14.8. The number of carbonyl (C=O) groups excluding carboxylic acids is 1. The van der Waals surface area contributed by atoms with Crippen LogP contribution in [0.4, 0.5) is 4.39 Å². The summed E-state index contributed by atoms with van der Waals surface area (Å²) < 4.78 is 13.3. The van der Waals surface area contributed by atoms with E-state index in [1.165, 1.54) is 17.7 Å². The number of halogens is 1. The SMILES string of the molecule is CCc1ccc(CN(C)[C@H](C(=O)NC2CC2)c2ccc(F)cc2)cc1. The Bertz CT molecular complexity index is 708. The highest BCUT2D eigenvalue weighted by atomic mass is 19.1. The highest BCUT2D eigenvalue weighted by Gasteiger charge is 2.30. The summed E-state index contributed by atoms with van der Waals surface area (Å²) in [7, 11) is 1.94. The molecule has 1 aliphatic rings. The van der Waals surface area contributed by atoms with Gasteiger partial charge in [-0.1, -0.05) is 43.3 Å². The number of hydrogen-bond acceptors (Lipinski definition) is 2. The van der Waals surface area contributed by atoms with Crippen LogP contribution < -0.4 is 5.32 Å². The molecule has 1 amide bonds. The Balaban J connectivity index is 1.78. The molecule has 3 rings (SSSR count). The predicted octanol–water partition coefficient (Wildman–Crippen LogP) is 3.84. The maximum atomic E-state index is 13.3. The molecule has 1 aliphatic carbocycles. The predicted molar refractivity (Wildman–Crippen MR) is 97.6 cm³/mol. The van der Waals surface area contributed by atoms with E-state index in [4.69, 9.17) is 0 Å². The summed E-state index contributed by atoms with van der Waals surface area (Å²) in [6.07, 6.45) is 3.10. The fraction of sp³-hybridized carbons (Fsp3) is 0.381. The van der Waals surface area contributed by atoms with Crippen molar-refractivity contribution < 1.29 is 9.18 Å². The minimum Gasteiger partial charge on any atom is -0.352 e. The van der Waals surface area contributed by atoms with Gasteiger partial charge in [0.15, 0.2) is 0 Å². The van der Waals surface area contributed by atoms with E-state index in [2.05, 4.69) is 36.5 Å². The van der Waals surface area contributed by atoms with Crippen LogP contribution in [0.15, 0.2) is 48.5 Å². The van der Waals surface area contributed by atoms with Crippen molar-refractivity contribution in [2.75, 3.05) is 7.05 Å². The third-order valence-electron chi connectivity index (χ3n) is 4.66. The average molecular weight is 340 g/mol. The lowest BCUT2D eigenvalue weighted by Gasteiger charge is -2.28. The van der Waals surface area contributed by atoms with E-state index in [9.17, 15) is 9.18 Å². The standard InChI is InChI=1S/C21H25FN2O/c1-3-15-4-6-16(7-5-15)14-24(2)20(21(25)23-19-12-13-19)17-8-10-18(22)11-9-17/h4-11,19-20H,3,12-14H2,1-2H3,(H,23,25)/t20-/m0/s1. The topological polar surface area (TPSA) is 32.3 Å². The average Bonchev–Trinajstić information content (AvgIpc) is 3.41. The first-order valence-corrected chi connectivity index (χ1v) is 8.90. The summed E-state index contributed by atoms with van der Waals surface area (Å²) in [5.74, 6) is -0.301. The number of hydrogen-bond donors (Lipinski definition) is 1.